The molecule has 2 bridgehead atoms. The minimum Gasteiger partial charge on any atom is -0.493 e. The molecule has 1 aliphatic heterocycles. The SMILES string of the molecule is CC[C@@]12C=CC3(CC1)[C@@H]1CCc4cc(OC)c5c(c4[C@H]1CC[C@@]32C)OCCO5. The van der Waals surface area contributed by atoms with Gasteiger partial charge in [-0.05, 0) is 84.7 Å². The Balaban J connectivity index is 1.50. The van der Waals surface area contributed by atoms with E-state index < -0.39 is 0 Å². The van der Waals surface area contributed by atoms with Crippen LogP contribution in [0.2, 0.25) is 0 Å². The molecule has 5 aliphatic rings. The molecule has 3 heteroatoms. The summed E-state index contributed by atoms with van der Waals surface area (Å²) >= 11 is 0. The van der Waals surface area contributed by atoms with Crippen LogP contribution >= 0.6 is 0 Å². The Morgan fingerprint density at radius 2 is 1.89 bits per heavy atom. The van der Waals surface area contributed by atoms with Gasteiger partial charge in [-0.2, -0.15) is 0 Å². The quantitative estimate of drug-likeness (QED) is 0.620. The van der Waals surface area contributed by atoms with E-state index in [4.69, 9.17) is 14.2 Å². The van der Waals surface area contributed by atoms with E-state index in [1.165, 1.54) is 49.7 Å². The van der Waals surface area contributed by atoms with Gasteiger partial charge in [-0.15, -0.1) is 0 Å². The van der Waals surface area contributed by atoms with E-state index in [2.05, 4.69) is 32.1 Å². The van der Waals surface area contributed by atoms with E-state index in [0.717, 1.165) is 29.6 Å². The third kappa shape index (κ3) is 1.74. The van der Waals surface area contributed by atoms with Crippen LogP contribution in [0.15, 0.2) is 18.2 Å². The molecule has 0 aromatic heterocycles. The molecular weight excluding hydrogens is 348 g/mol. The fourth-order valence-electron chi connectivity index (χ4n) is 8.31. The lowest BCUT2D eigenvalue weighted by atomic mass is 9.46. The molecule has 1 heterocycles. The zero-order chi connectivity index (χ0) is 19.1. The van der Waals surface area contributed by atoms with Crippen molar-refractivity contribution in [3.05, 3.63) is 29.3 Å². The van der Waals surface area contributed by atoms with Crippen LogP contribution in [-0.4, -0.2) is 20.3 Å². The van der Waals surface area contributed by atoms with Crippen molar-refractivity contribution in [3.63, 3.8) is 0 Å². The summed E-state index contributed by atoms with van der Waals surface area (Å²) in [5, 5.41) is 0. The second-order valence-electron chi connectivity index (χ2n) is 10.0. The van der Waals surface area contributed by atoms with Gasteiger partial charge in [-0.3, -0.25) is 0 Å². The first-order chi connectivity index (χ1) is 13.6. The van der Waals surface area contributed by atoms with E-state index in [1.807, 2.05) is 0 Å². The Bertz CT molecular complexity index is 873. The molecule has 5 atom stereocenters. The van der Waals surface area contributed by atoms with Gasteiger partial charge >= 0.3 is 0 Å². The maximum absolute atomic E-state index is 6.24. The molecule has 0 spiro atoms. The van der Waals surface area contributed by atoms with Crippen molar-refractivity contribution >= 4 is 0 Å². The van der Waals surface area contributed by atoms with Crippen LogP contribution < -0.4 is 14.2 Å². The second kappa shape index (κ2) is 5.49. The molecule has 4 aliphatic carbocycles. The molecule has 28 heavy (non-hydrogen) atoms. The first kappa shape index (κ1) is 17.2. The topological polar surface area (TPSA) is 27.7 Å². The zero-order valence-corrected chi connectivity index (χ0v) is 17.5. The molecule has 3 nitrogen and oxygen atoms in total. The Kier molecular flexibility index (Phi) is 3.38. The molecule has 150 valence electrons. The average molecular weight is 381 g/mol. The summed E-state index contributed by atoms with van der Waals surface area (Å²) in [6, 6.07) is 2.24. The Morgan fingerprint density at radius 3 is 2.61 bits per heavy atom. The predicted octanol–water partition coefficient (Wildman–Crippen LogP) is 5.66. The largest absolute Gasteiger partial charge is 0.493 e. The van der Waals surface area contributed by atoms with E-state index in [0.29, 0.717) is 35.4 Å². The highest BCUT2D eigenvalue weighted by atomic mass is 16.6. The average Bonchev–Trinajstić information content (AvgIpc) is 3.16. The summed E-state index contributed by atoms with van der Waals surface area (Å²) in [6.45, 7) is 6.29. The minimum atomic E-state index is 0.381. The number of ether oxygens (including phenoxy) is 3. The molecule has 0 saturated heterocycles. The second-order valence-corrected chi connectivity index (χ2v) is 10.0. The molecule has 0 amide bonds. The lowest BCUT2D eigenvalue weighted by molar-refractivity contribution is -0.0407. The lowest BCUT2D eigenvalue weighted by Gasteiger charge is -2.57. The number of hydrogen-bond donors (Lipinski definition) is 0. The van der Waals surface area contributed by atoms with E-state index in [9.17, 15) is 0 Å². The van der Waals surface area contributed by atoms with Crippen LogP contribution in [0.3, 0.4) is 0 Å². The van der Waals surface area contributed by atoms with Gasteiger partial charge in [0.1, 0.15) is 13.2 Å². The van der Waals surface area contributed by atoms with Gasteiger partial charge in [-0.1, -0.05) is 26.0 Å². The van der Waals surface area contributed by atoms with Crippen molar-refractivity contribution in [3.8, 4) is 17.2 Å². The van der Waals surface area contributed by atoms with E-state index >= 15 is 0 Å². The number of benzene rings is 1. The highest BCUT2D eigenvalue weighted by Crippen LogP contribution is 2.79. The first-order valence-electron chi connectivity index (χ1n) is 11.3. The van der Waals surface area contributed by atoms with Crippen molar-refractivity contribution in [1.82, 2.24) is 0 Å². The summed E-state index contributed by atoms with van der Waals surface area (Å²) in [7, 11) is 1.74. The molecule has 1 unspecified atom stereocenters. The van der Waals surface area contributed by atoms with Crippen LogP contribution in [0.4, 0.5) is 0 Å². The summed E-state index contributed by atoms with van der Waals surface area (Å²) in [5.74, 6) is 4.01. The summed E-state index contributed by atoms with van der Waals surface area (Å²) in [4.78, 5) is 0. The number of allylic oxidation sites excluding steroid dienone is 2. The third-order valence-corrected chi connectivity index (χ3v) is 9.76. The van der Waals surface area contributed by atoms with Crippen molar-refractivity contribution in [2.45, 2.75) is 64.7 Å². The van der Waals surface area contributed by atoms with Gasteiger partial charge in [0.2, 0.25) is 5.75 Å². The normalized spacial score (nSPS) is 42.0. The van der Waals surface area contributed by atoms with Gasteiger partial charge in [-0.25, -0.2) is 0 Å². The Morgan fingerprint density at radius 1 is 1.07 bits per heavy atom. The lowest BCUT2D eigenvalue weighted by Crippen LogP contribution is -2.50. The summed E-state index contributed by atoms with van der Waals surface area (Å²) in [6.07, 6.45) is 14.4. The van der Waals surface area contributed by atoms with Crippen molar-refractivity contribution in [2.24, 2.45) is 22.2 Å². The van der Waals surface area contributed by atoms with Crippen LogP contribution in [0, 0.1) is 22.2 Å². The van der Waals surface area contributed by atoms with E-state index in [1.54, 1.807) is 7.11 Å². The fraction of sp³-hybridized carbons (Fsp3) is 0.680. The third-order valence-electron chi connectivity index (χ3n) is 9.76. The molecule has 0 radical (unpaired) electrons. The molecule has 2 saturated carbocycles. The highest BCUT2D eigenvalue weighted by Gasteiger charge is 2.70. The van der Waals surface area contributed by atoms with Crippen LogP contribution in [0.1, 0.15) is 69.4 Å². The summed E-state index contributed by atoms with van der Waals surface area (Å²) in [5.41, 5.74) is 4.15. The van der Waals surface area contributed by atoms with Gasteiger partial charge < -0.3 is 14.2 Å². The number of aryl methyl sites for hydroxylation is 1. The van der Waals surface area contributed by atoms with E-state index in [-0.39, 0.29) is 0 Å². The van der Waals surface area contributed by atoms with Gasteiger partial charge in [0.05, 0.1) is 7.11 Å². The van der Waals surface area contributed by atoms with Crippen molar-refractivity contribution in [2.75, 3.05) is 20.3 Å². The maximum Gasteiger partial charge on any atom is 0.204 e. The summed E-state index contributed by atoms with van der Waals surface area (Å²) < 4.78 is 17.9. The van der Waals surface area contributed by atoms with Gasteiger partial charge in [0.25, 0.3) is 0 Å². The monoisotopic (exact) mass is 380 g/mol. The van der Waals surface area contributed by atoms with Crippen molar-refractivity contribution < 1.29 is 14.2 Å². The molecule has 0 N–H and O–H groups in total. The minimum absolute atomic E-state index is 0.381. The van der Waals surface area contributed by atoms with Crippen LogP contribution in [0.5, 0.6) is 17.2 Å². The Labute approximate surface area is 168 Å². The number of hydrogen-bond acceptors (Lipinski definition) is 3. The van der Waals surface area contributed by atoms with Gasteiger partial charge in [0.15, 0.2) is 11.5 Å². The molecule has 6 rings (SSSR count). The van der Waals surface area contributed by atoms with Crippen LogP contribution in [-0.2, 0) is 6.42 Å². The molecule has 1 aromatic carbocycles. The van der Waals surface area contributed by atoms with Crippen LogP contribution in [0.25, 0.3) is 0 Å². The number of rotatable bonds is 2. The molecule has 1 aromatic rings. The first-order valence-corrected chi connectivity index (χ1v) is 11.3. The highest BCUT2D eigenvalue weighted by molar-refractivity contribution is 5.62. The maximum atomic E-state index is 6.24. The molecule has 2 fully saturated rings. The standard InChI is InChI=1S/C25H32O3/c1-4-24-9-11-25(12-10-24)18-6-5-16-15-19(26-3)21-22(28-14-13-27-21)20(16)17(18)7-8-23(24,25)2/h9,11,15,17-18H,4-8,10,12-14H2,1-3H3/t17-,18+,23+,24+,25?/m0/s1. The number of methoxy groups -OCH3 is 1. The smallest absolute Gasteiger partial charge is 0.204 e. The number of fused-ring (bicyclic) bond motifs is 5. The zero-order valence-electron chi connectivity index (χ0n) is 17.5. The predicted molar refractivity (Wildman–Crippen MR) is 109 cm³/mol. The van der Waals surface area contributed by atoms with Crippen molar-refractivity contribution in [1.29, 1.82) is 0 Å². The fourth-order valence-corrected chi connectivity index (χ4v) is 8.31. The Hall–Kier alpha value is -1.64. The molecular formula is C25H32O3. The van der Waals surface area contributed by atoms with Gasteiger partial charge in [0, 0.05) is 5.56 Å².